The molecule has 0 saturated heterocycles. The number of thiazole rings is 1. The van der Waals surface area contributed by atoms with Crippen molar-refractivity contribution >= 4 is 11.3 Å². The quantitative estimate of drug-likeness (QED) is 0.872. The van der Waals surface area contributed by atoms with E-state index in [4.69, 9.17) is 4.42 Å². The standard InChI is InChI=1S/C13H19N3OS/c1-10(11-8-18-9-15-11)14-7-12(16(2)3)13-5-4-6-17-13/h4-6,8-10,12,14H,7H2,1-3H3. The van der Waals surface area contributed by atoms with Crippen LogP contribution in [-0.4, -0.2) is 30.5 Å². The van der Waals surface area contributed by atoms with Crippen LogP contribution in [0.15, 0.2) is 33.7 Å². The summed E-state index contributed by atoms with van der Waals surface area (Å²) in [4.78, 5) is 6.47. The number of nitrogens with one attached hydrogen (secondary N) is 1. The van der Waals surface area contributed by atoms with Crippen molar-refractivity contribution in [1.82, 2.24) is 15.2 Å². The first-order valence-electron chi connectivity index (χ1n) is 5.99. The molecule has 0 amide bonds. The molecular weight excluding hydrogens is 246 g/mol. The van der Waals surface area contributed by atoms with Gasteiger partial charge in [-0.1, -0.05) is 0 Å². The summed E-state index contributed by atoms with van der Waals surface area (Å²) < 4.78 is 5.48. The van der Waals surface area contributed by atoms with Gasteiger partial charge in [-0.15, -0.1) is 11.3 Å². The molecule has 2 heterocycles. The minimum atomic E-state index is 0.237. The van der Waals surface area contributed by atoms with Crippen molar-refractivity contribution in [3.63, 3.8) is 0 Å². The highest BCUT2D eigenvalue weighted by molar-refractivity contribution is 7.07. The summed E-state index contributed by atoms with van der Waals surface area (Å²) in [5.74, 6) is 0.984. The Hall–Kier alpha value is -1.17. The lowest BCUT2D eigenvalue weighted by Crippen LogP contribution is -2.32. The molecule has 1 N–H and O–H groups in total. The van der Waals surface area contributed by atoms with Gasteiger partial charge >= 0.3 is 0 Å². The second kappa shape index (κ2) is 6.13. The molecule has 0 aromatic carbocycles. The van der Waals surface area contributed by atoms with E-state index in [0.29, 0.717) is 0 Å². The Kier molecular flexibility index (Phi) is 4.52. The van der Waals surface area contributed by atoms with Gasteiger partial charge in [0.2, 0.25) is 0 Å². The molecule has 0 fully saturated rings. The van der Waals surface area contributed by atoms with Crippen molar-refractivity contribution in [3.05, 3.63) is 40.7 Å². The molecule has 0 aliphatic rings. The highest BCUT2D eigenvalue weighted by Gasteiger charge is 2.18. The van der Waals surface area contributed by atoms with Gasteiger partial charge in [0.25, 0.3) is 0 Å². The highest BCUT2D eigenvalue weighted by atomic mass is 32.1. The number of likely N-dealkylation sites (N-methyl/N-ethyl adjacent to an activating group) is 1. The first kappa shape index (κ1) is 13.3. The lowest BCUT2D eigenvalue weighted by Gasteiger charge is -2.24. The van der Waals surface area contributed by atoms with E-state index in [9.17, 15) is 0 Å². The highest BCUT2D eigenvalue weighted by Crippen LogP contribution is 2.19. The summed E-state index contributed by atoms with van der Waals surface area (Å²) in [5.41, 5.74) is 2.96. The van der Waals surface area contributed by atoms with Crippen LogP contribution in [0.1, 0.15) is 30.5 Å². The number of nitrogens with zero attached hydrogens (tertiary/aromatic N) is 2. The van der Waals surface area contributed by atoms with Crippen molar-refractivity contribution < 1.29 is 4.42 Å². The normalized spacial score (nSPS) is 14.9. The van der Waals surface area contributed by atoms with E-state index in [1.165, 1.54) is 0 Å². The van der Waals surface area contributed by atoms with E-state index in [2.05, 4.69) is 41.6 Å². The Bertz CT molecular complexity index is 439. The topological polar surface area (TPSA) is 41.3 Å². The fourth-order valence-electron chi connectivity index (χ4n) is 1.85. The molecule has 98 valence electrons. The maximum atomic E-state index is 5.48. The summed E-state index contributed by atoms with van der Waals surface area (Å²) in [7, 11) is 4.12. The third-order valence-corrected chi connectivity index (χ3v) is 3.61. The van der Waals surface area contributed by atoms with Gasteiger partial charge in [0.1, 0.15) is 5.76 Å². The second-order valence-electron chi connectivity index (χ2n) is 4.54. The molecular formula is C13H19N3OS. The van der Waals surface area contributed by atoms with Crippen LogP contribution in [0.2, 0.25) is 0 Å². The van der Waals surface area contributed by atoms with E-state index >= 15 is 0 Å². The molecule has 0 aliphatic heterocycles. The van der Waals surface area contributed by atoms with Crippen LogP contribution in [0, 0.1) is 0 Å². The van der Waals surface area contributed by atoms with Crippen molar-refractivity contribution in [1.29, 1.82) is 0 Å². The third-order valence-electron chi connectivity index (χ3n) is 3.01. The maximum Gasteiger partial charge on any atom is 0.122 e. The summed E-state index contributed by atoms with van der Waals surface area (Å²) in [6.45, 7) is 2.96. The first-order valence-corrected chi connectivity index (χ1v) is 6.94. The van der Waals surface area contributed by atoms with Gasteiger partial charge in [-0.2, -0.15) is 0 Å². The minimum Gasteiger partial charge on any atom is -0.468 e. The van der Waals surface area contributed by atoms with Crippen molar-refractivity contribution in [2.45, 2.75) is 19.0 Å². The lowest BCUT2D eigenvalue weighted by atomic mass is 10.2. The van der Waals surface area contributed by atoms with Gasteiger partial charge < -0.3 is 9.73 Å². The zero-order valence-corrected chi connectivity index (χ0v) is 11.8. The molecule has 5 heteroatoms. The predicted molar refractivity (Wildman–Crippen MR) is 73.7 cm³/mol. The van der Waals surface area contributed by atoms with Crippen molar-refractivity contribution in [3.8, 4) is 0 Å². The average Bonchev–Trinajstić information content (AvgIpc) is 3.01. The SMILES string of the molecule is CC(NCC(c1ccco1)N(C)C)c1cscn1. The first-order chi connectivity index (χ1) is 8.68. The van der Waals surface area contributed by atoms with E-state index < -0.39 is 0 Å². The summed E-state index contributed by atoms with van der Waals surface area (Å²) in [5, 5.41) is 5.58. The Balaban J connectivity index is 1.94. The van der Waals surface area contributed by atoms with Crippen LogP contribution >= 0.6 is 11.3 Å². The van der Waals surface area contributed by atoms with Crippen molar-refractivity contribution in [2.24, 2.45) is 0 Å². The number of hydrogen-bond acceptors (Lipinski definition) is 5. The van der Waals surface area contributed by atoms with Gasteiger partial charge in [0.15, 0.2) is 0 Å². The maximum absolute atomic E-state index is 5.48. The molecule has 0 spiro atoms. The molecule has 2 aromatic heterocycles. The molecule has 0 aliphatic carbocycles. The molecule has 18 heavy (non-hydrogen) atoms. The summed E-state index contributed by atoms with van der Waals surface area (Å²) >= 11 is 1.63. The fourth-order valence-corrected chi connectivity index (χ4v) is 2.50. The van der Waals surface area contributed by atoms with E-state index in [1.54, 1.807) is 17.6 Å². The fraction of sp³-hybridized carbons (Fsp3) is 0.462. The molecule has 2 aromatic rings. The Morgan fingerprint density at radius 2 is 2.33 bits per heavy atom. The zero-order chi connectivity index (χ0) is 13.0. The molecule has 2 rings (SSSR count). The Morgan fingerprint density at radius 3 is 2.89 bits per heavy atom. The van der Waals surface area contributed by atoms with Crippen LogP contribution < -0.4 is 5.32 Å². The summed E-state index contributed by atoms with van der Waals surface area (Å²) in [6, 6.07) is 4.44. The van der Waals surface area contributed by atoms with E-state index in [1.807, 2.05) is 17.6 Å². The second-order valence-corrected chi connectivity index (χ2v) is 5.26. The minimum absolute atomic E-state index is 0.237. The van der Waals surface area contributed by atoms with Gasteiger partial charge in [-0.05, 0) is 33.2 Å². The number of aromatic nitrogens is 1. The number of rotatable bonds is 6. The van der Waals surface area contributed by atoms with Gasteiger partial charge in [0, 0.05) is 18.0 Å². The Labute approximate surface area is 112 Å². The lowest BCUT2D eigenvalue weighted by molar-refractivity contribution is 0.245. The van der Waals surface area contributed by atoms with E-state index in [0.717, 1.165) is 18.0 Å². The molecule has 0 radical (unpaired) electrons. The average molecular weight is 265 g/mol. The monoisotopic (exact) mass is 265 g/mol. The molecule has 4 nitrogen and oxygen atoms in total. The van der Waals surface area contributed by atoms with Crippen LogP contribution in [-0.2, 0) is 0 Å². The number of furan rings is 1. The van der Waals surface area contributed by atoms with Crippen LogP contribution in [0.5, 0.6) is 0 Å². The van der Waals surface area contributed by atoms with E-state index in [-0.39, 0.29) is 12.1 Å². The van der Waals surface area contributed by atoms with Gasteiger partial charge in [0.05, 0.1) is 23.5 Å². The smallest absolute Gasteiger partial charge is 0.122 e. The van der Waals surface area contributed by atoms with Gasteiger partial charge in [-0.3, -0.25) is 4.90 Å². The third kappa shape index (κ3) is 3.19. The molecule has 0 saturated carbocycles. The summed E-state index contributed by atoms with van der Waals surface area (Å²) in [6.07, 6.45) is 1.72. The van der Waals surface area contributed by atoms with Crippen LogP contribution in [0.25, 0.3) is 0 Å². The Morgan fingerprint density at radius 1 is 1.50 bits per heavy atom. The van der Waals surface area contributed by atoms with Crippen LogP contribution in [0.3, 0.4) is 0 Å². The predicted octanol–water partition coefficient (Wildman–Crippen LogP) is 2.69. The zero-order valence-electron chi connectivity index (χ0n) is 11.0. The molecule has 2 unspecified atom stereocenters. The van der Waals surface area contributed by atoms with Crippen LogP contribution in [0.4, 0.5) is 0 Å². The van der Waals surface area contributed by atoms with Gasteiger partial charge in [-0.25, -0.2) is 4.98 Å². The largest absolute Gasteiger partial charge is 0.468 e. The van der Waals surface area contributed by atoms with Crippen molar-refractivity contribution in [2.75, 3.05) is 20.6 Å². The molecule has 0 bridgehead atoms. The molecule has 2 atom stereocenters. The number of hydrogen-bond donors (Lipinski definition) is 1.